The van der Waals surface area contributed by atoms with Crippen LogP contribution >= 0.6 is 0 Å². The van der Waals surface area contributed by atoms with Crippen LogP contribution in [0.1, 0.15) is 20.3 Å². The van der Waals surface area contributed by atoms with Crippen LogP contribution in [0.4, 0.5) is 0 Å². The smallest absolute Gasteiger partial charge is 0.248 e. The second-order valence-electron chi connectivity index (χ2n) is 4.38. The van der Waals surface area contributed by atoms with E-state index >= 15 is 0 Å². The fraction of sp³-hybridized carbons (Fsp3) is 0.909. The van der Waals surface area contributed by atoms with Gasteiger partial charge in [-0.3, -0.25) is 4.79 Å². The second kappa shape index (κ2) is 6.80. The summed E-state index contributed by atoms with van der Waals surface area (Å²) in [5, 5.41) is 3.37. The molecule has 4 heteroatoms. The van der Waals surface area contributed by atoms with Crippen molar-refractivity contribution in [2.75, 3.05) is 39.4 Å². The molecule has 1 N–H and O–H groups in total. The van der Waals surface area contributed by atoms with Gasteiger partial charge in [-0.25, -0.2) is 0 Å². The molecule has 1 rings (SSSR count). The lowest BCUT2D eigenvalue weighted by atomic mass is 10.2. The van der Waals surface area contributed by atoms with E-state index in [4.69, 9.17) is 4.74 Å². The number of ether oxygens (including phenoxy) is 1. The summed E-state index contributed by atoms with van der Waals surface area (Å²) >= 11 is 0. The van der Waals surface area contributed by atoms with Crippen LogP contribution in [0, 0.1) is 5.92 Å². The molecule has 0 aromatic carbocycles. The Bertz CT molecular complexity index is 195. The van der Waals surface area contributed by atoms with Crippen molar-refractivity contribution in [3.8, 4) is 0 Å². The van der Waals surface area contributed by atoms with Crippen molar-refractivity contribution < 1.29 is 9.53 Å². The molecule has 88 valence electrons. The maximum Gasteiger partial charge on any atom is 0.248 e. The number of carbonyl (C=O) groups excluding carboxylic acids is 1. The van der Waals surface area contributed by atoms with E-state index in [-0.39, 0.29) is 12.5 Å². The monoisotopic (exact) mass is 214 g/mol. The highest BCUT2D eigenvalue weighted by atomic mass is 16.5. The maximum absolute atomic E-state index is 11.3. The topological polar surface area (TPSA) is 41.6 Å². The first-order chi connectivity index (χ1) is 7.20. The minimum Gasteiger partial charge on any atom is -0.370 e. The Morgan fingerprint density at radius 2 is 2.33 bits per heavy atom. The molecule has 1 heterocycles. The quantitative estimate of drug-likeness (QED) is 0.654. The average Bonchev–Trinajstić information content (AvgIpc) is 2.20. The SMILES string of the molecule is CC(C)CNCCCN1CCOCC1=O. The lowest BCUT2D eigenvalue weighted by Crippen LogP contribution is -2.42. The Balaban J connectivity index is 2.01. The molecule has 0 saturated carbocycles. The van der Waals surface area contributed by atoms with Gasteiger partial charge in [0.2, 0.25) is 5.91 Å². The summed E-state index contributed by atoms with van der Waals surface area (Å²) in [6, 6.07) is 0. The molecule has 0 radical (unpaired) electrons. The van der Waals surface area contributed by atoms with Crippen LogP contribution in [-0.2, 0) is 9.53 Å². The lowest BCUT2D eigenvalue weighted by molar-refractivity contribution is -0.142. The molecule has 0 atom stereocenters. The van der Waals surface area contributed by atoms with Crippen LogP contribution in [0.2, 0.25) is 0 Å². The second-order valence-corrected chi connectivity index (χ2v) is 4.38. The van der Waals surface area contributed by atoms with Crippen LogP contribution < -0.4 is 5.32 Å². The predicted molar refractivity (Wildman–Crippen MR) is 59.7 cm³/mol. The number of morpholine rings is 1. The van der Waals surface area contributed by atoms with Gasteiger partial charge in [-0.05, 0) is 25.4 Å². The van der Waals surface area contributed by atoms with Crippen molar-refractivity contribution in [2.45, 2.75) is 20.3 Å². The molecule has 0 bridgehead atoms. The van der Waals surface area contributed by atoms with E-state index < -0.39 is 0 Å². The zero-order valence-corrected chi connectivity index (χ0v) is 9.79. The first-order valence-corrected chi connectivity index (χ1v) is 5.76. The molecule has 0 unspecified atom stereocenters. The van der Waals surface area contributed by atoms with Gasteiger partial charge < -0.3 is 15.0 Å². The number of carbonyl (C=O) groups is 1. The molecule has 0 aromatic rings. The third kappa shape index (κ3) is 5.14. The van der Waals surface area contributed by atoms with Gasteiger partial charge in [-0.15, -0.1) is 0 Å². The first-order valence-electron chi connectivity index (χ1n) is 5.76. The summed E-state index contributed by atoms with van der Waals surface area (Å²) < 4.78 is 5.06. The van der Waals surface area contributed by atoms with Crippen molar-refractivity contribution in [3.05, 3.63) is 0 Å². The molecule has 4 nitrogen and oxygen atoms in total. The Hall–Kier alpha value is -0.610. The zero-order valence-electron chi connectivity index (χ0n) is 9.79. The van der Waals surface area contributed by atoms with Crippen molar-refractivity contribution in [1.29, 1.82) is 0 Å². The standard InChI is InChI=1S/C11H22N2O2/c1-10(2)8-12-4-3-5-13-6-7-15-9-11(13)14/h10,12H,3-9H2,1-2H3. The fourth-order valence-corrected chi connectivity index (χ4v) is 1.57. The molecular weight excluding hydrogens is 192 g/mol. The van der Waals surface area contributed by atoms with E-state index in [1.807, 2.05) is 4.90 Å². The molecule has 1 saturated heterocycles. The third-order valence-corrected chi connectivity index (χ3v) is 2.42. The van der Waals surface area contributed by atoms with Crippen molar-refractivity contribution in [3.63, 3.8) is 0 Å². The van der Waals surface area contributed by atoms with E-state index in [1.165, 1.54) is 0 Å². The molecule has 1 fully saturated rings. The van der Waals surface area contributed by atoms with Gasteiger partial charge in [0.15, 0.2) is 0 Å². The minimum absolute atomic E-state index is 0.130. The number of nitrogens with one attached hydrogen (secondary N) is 1. The van der Waals surface area contributed by atoms with Crippen LogP contribution in [0.3, 0.4) is 0 Å². The number of rotatable bonds is 6. The number of hydrogen-bond donors (Lipinski definition) is 1. The predicted octanol–water partition coefficient (Wildman–Crippen LogP) is 0.481. The molecule has 0 spiro atoms. The van der Waals surface area contributed by atoms with Crippen LogP contribution in [0.15, 0.2) is 0 Å². The van der Waals surface area contributed by atoms with Crippen molar-refractivity contribution in [2.24, 2.45) is 5.92 Å². The molecule has 0 aromatic heterocycles. The summed E-state index contributed by atoms with van der Waals surface area (Å²) in [7, 11) is 0. The maximum atomic E-state index is 11.3. The molecule has 0 aliphatic carbocycles. The fourth-order valence-electron chi connectivity index (χ4n) is 1.57. The molecule has 1 amide bonds. The Labute approximate surface area is 92.0 Å². The van der Waals surface area contributed by atoms with Gasteiger partial charge in [0.25, 0.3) is 0 Å². The van der Waals surface area contributed by atoms with Gasteiger partial charge in [-0.2, -0.15) is 0 Å². The van der Waals surface area contributed by atoms with Crippen molar-refractivity contribution >= 4 is 5.91 Å². The van der Waals surface area contributed by atoms with Gasteiger partial charge in [0, 0.05) is 13.1 Å². The Morgan fingerprint density at radius 1 is 1.53 bits per heavy atom. The van der Waals surface area contributed by atoms with E-state index in [0.717, 1.165) is 32.6 Å². The average molecular weight is 214 g/mol. The highest BCUT2D eigenvalue weighted by molar-refractivity contribution is 5.77. The van der Waals surface area contributed by atoms with E-state index in [1.54, 1.807) is 0 Å². The van der Waals surface area contributed by atoms with E-state index in [9.17, 15) is 4.79 Å². The Kier molecular flexibility index (Phi) is 5.65. The van der Waals surface area contributed by atoms with Crippen LogP contribution in [0.25, 0.3) is 0 Å². The molecular formula is C11H22N2O2. The number of hydrogen-bond acceptors (Lipinski definition) is 3. The Morgan fingerprint density at radius 3 is 3.00 bits per heavy atom. The highest BCUT2D eigenvalue weighted by Gasteiger charge is 2.17. The van der Waals surface area contributed by atoms with Gasteiger partial charge in [0.1, 0.15) is 6.61 Å². The molecule has 1 aliphatic rings. The number of amides is 1. The lowest BCUT2D eigenvalue weighted by Gasteiger charge is -2.26. The summed E-state index contributed by atoms with van der Waals surface area (Å²) in [5.74, 6) is 0.820. The highest BCUT2D eigenvalue weighted by Crippen LogP contribution is 1.99. The zero-order chi connectivity index (χ0) is 11.1. The minimum atomic E-state index is 0.130. The van der Waals surface area contributed by atoms with Gasteiger partial charge in [-0.1, -0.05) is 13.8 Å². The first kappa shape index (κ1) is 12.5. The number of nitrogens with zero attached hydrogens (tertiary/aromatic N) is 1. The van der Waals surface area contributed by atoms with Crippen molar-refractivity contribution in [1.82, 2.24) is 10.2 Å². The normalized spacial score (nSPS) is 17.5. The largest absolute Gasteiger partial charge is 0.370 e. The summed E-state index contributed by atoms with van der Waals surface area (Å²) in [6.07, 6.45) is 1.03. The summed E-state index contributed by atoms with van der Waals surface area (Å²) in [4.78, 5) is 13.2. The van der Waals surface area contributed by atoms with Gasteiger partial charge >= 0.3 is 0 Å². The van der Waals surface area contributed by atoms with Crippen LogP contribution in [-0.4, -0.2) is 50.2 Å². The summed E-state index contributed by atoms with van der Waals surface area (Å²) in [6.45, 7) is 8.98. The van der Waals surface area contributed by atoms with E-state index in [2.05, 4.69) is 19.2 Å². The molecule has 1 aliphatic heterocycles. The van der Waals surface area contributed by atoms with Gasteiger partial charge in [0.05, 0.1) is 6.61 Å². The molecule has 15 heavy (non-hydrogen) atoms. The third-order valence-electron chi connectivity index (χ3n) is 2.42. The van der Waals surface area contributed by atoms with E-state index in [0.29, 0.717) is 12.5 Å². The summed E-state index contributed by atoms with van der Waals surface area (Å²) in [5.41, 5.74) is 0. The van der Waals surface area contributed by atoms with Crippen LogP contribution in [0.5, 0.6) is 0 Å².